The molecule has 2 heterocycles. The normalized spacial score (nSPS) is 11.0. The maximum Gasteiger partial charge on any atom is 0.274 e. The quantitative estimate of drug-likeness (QED) is 0.780. The number of ether oxygens (including phenoxy) is 1. The molecule has 6 heteroatoms. The molecular formula is C18H20N4O2. The molecule has 2 aromatic heterocycles. The number of fused-ring (bicyclic) bond motifs is 1. The molecule has 1 amide bonds. The van der Waals surface area contributed by atoms with E-state index in [1.165, 1.54) is 0 Å². The Kier molecular flexibility index (Phi) is 4.46. The number of carbonyl (C=O) groups excluding carboxylic acids is 1. The third-order valence-electron chi connectivity index (χ3n) is 3.65. The minimum atomic E-state index is -0.271. The van der Waals surface area contributed by atoms with Crippen LogP contribution in [-0.2, 0) is 0 Å². The van der Waals surface area contributed by atoms with Crippen LogP contribution in [0, 0.1) is 0 Å². The summed E-state index contributed by atoms with van der Waals surface area (Å²) in [5.74, 6) is 0.591. The van der Waals surface area contributed by atoms with Gasteiger partial charge in [-0.2, -0.15) is 5.10 Å². The molecule has 24 heavy (non-hydrogen) atoms. The summed E-state index contributed by atoms with van der Waals surface area (Å²) in [6, 6.07) is 10.9. The third kappa shape index (κ3) is 3.08. The topological polar surface area (TPSA) is 68.5 Å². The van der Waals surface area contributed by atoms with Crippen molar-refractivity contribution in [3.8, 4) is 5.75 Å². The maximum atomic E-state index is 12.7. The Balaban J connectivity index is 1.95. The SMILES string of the molecule is CCOc1ccccc1NC(=O)c1cc(C(C)C)n2nccc2n1. The number of para-hydroxylation sites is 2. The van der Waals surface area contributed by atoms with E-state index >= 15 is 0 Å². The summed E-state index contributed by atoms with van der Waals surface area (Å²) in [5.41, 5.74) is 2.58. The molecule has 0 atom stereocenters. The van der Waals surface area contributed by atoms with E-state index in [1.54, 1.807) is 22.8 Å². The molecule has 0 radical (unpaired) electrons. The molecule has 0 aliphatic rings. The van der Waals surface area contributed by atoms with Crippen molar-refractivity contribution in [3.63, 3.8) is 0 Å². The smallest absolute Gasteiger partial charge is 0.274 e. The molecule has 0 unspecified atom stereocenters. The Morgan fingerprint density at radius 2 is 2.08 bits per heavy atom. The van der Waals surface area contributed by atoms with E-state index in [0.717, 1.165) is 5.69 Å². The first-order valence-electron chi connectivity index (χ1n) is 7.98. The van der Waals surface area contributed by atoms with Crippen molar-refractivity contribution >= 4 is 17.2 Å². The Hall–Kier alpha value is -2.89. The van der Waals surface area contributed by atoms with Gasteiger partial charge in [-0.3, -0.25) is 4.79 Å². The number of anilines is 1. The van der Waals surface area contributed by atoms with Gasteiger partial charge in [0.1, 0.15) is 11.4 Å². The maximum absolute atomic E-state index is 12.7. The first kappa shape index (κ1) is 16.0. The molecule has 0 spiro atoms. The standard InChI is InChI=1S/C18H20N4O2/c1-4-24-16-8-6-5-7-13(16)21-18(23)14-11-15(12(2)3)22-17(20-14)9-10-19-22/h5-12H,4H2,1-3H3,(H,21,23). The summed E-state index contributed by atoms with van der Waals surface area (Å²) < 4.78 is 7.30. The van der Waals surface area contributed by atoms with Crippen LogP contribution in [0.3, 0.4) is 0 Å². The number of rotatable bonds is 5. The Bertz CT molecular complexity index is 870. The predicted octanol–water partition coefficient (Wildman–Crippen LogP) is 3.50. The minimum Gasteiger partial charge on any atom is -0.492 e. The van der Waals surface area contributed by atoms with Crippen molar-refractivity contribution in [3.05, 3.63) is 54.0 Å². The molecular weight excluding hydrogens is 304 g/mol. The zero-order valence-electron chi connectivity index (χ0n) is 14.0. The fourth-order valence-corrected chi connectivity index (χ4v) is 2.50. The molecule has 0 fully saturated rings. The number of carbonyl (C=O) groups is 1. The lowest BCUT2D eigenvalue weighted by Gasteiger charge is -2.13. The van der Waals surface area contributed by atoms with Gasteiger partial charge in [0.15, 0.2) is 5.65 Å². The van der Waals surface area contributed by atoms with E-state index in [2.05, 4.69) is 29.2 Å². The van der Waals surface area contributed by atoms with E-state index in [0.29, 0.717) is 29.4 Å². The molecule has 3 aromatic rings. The summed E-state index contributed by atoms with van der Waals surface area (Å²) in [5, 5.41) is 7.14. The summed E-state index contributed by atoms with van der Waals surface area (Å²) in [6.07, 6.45) is 1.68. The number of aromatic nitrogens is 3. The molecule has 1 aromatic carbocycles. The minimum absolute atomic E-state index is 0.220. The van der Waals surface area contributed by atoms with Gasteiger partial charge in [0.2, 0.25) is 0 Å². The molecule has 0 saturated heterocycles. The summed E-state index contributed by atoms with van der Waals surface area (Å²) >= 11 is 0. The second-order valence-corrected chi connectivity index (χ2v) is 5.71. The number of nitrogens with zero attached hydrogens (tertiary/aromatic N) is 3. The highest BCUT2D eigenvalue weighted by atomic mass is 16.5. The molecule has 0 aliphatic heterocycles. The van der Waals surface area contributed by atoms with Gasteiger partial charge in [-0.15, -0.1) is 0 Å². The van der Waals surface area contributed by atoms with Gasteiger partial charge >= 0.3 is 0 Å². The molecule has 124 valence electrons. The van der Waals surface area contributed by atoms with E-state index in [1.807, 2.05) is 31.2 Å². The molecule has 1 N–H and O–H groups in total. The van der Waals surface area contributed by atoms with Crippen LogP contribution in [0.2, 0.25) is 0 Å². The number of nitrogens with one attached hydrogen (secondary N) is 1. The fraction of sp³-hybridized carbons (Fsp3) is 0.278. The highest BCUT2D eigenvalue weighted by molar-refractivity contribution is 6.04. The van der Waals surface area contributed by atoms with Gasteiger partial charge in [0, 0.05) is 11.8 Å². The van der Waals surface area contributed by atoms with E-state index in [-0.39, 0.29) is 11.8 Å². The van der Waals surface area contributed by atoms with Crippen LogP contribution in [0.5, 0.6) is 5.75 Å². The predicted molar refractivity (Wildman–Crippen MR) is 92.6 cm³/mol. The van der Waals surface area contributed by atoms with Crippen molar-refractivity contribution in [2.45, 2.75) is 26.7 Å². The monoisotopic (exact) mass is 324 g/mol. The average molecular weight is 324 g/mol. The number of benzene rings is 1. The van der Waals surface area contributed by atoms with Gasteiger partial charge in [-0.1, -0.05) is 26.0 Å². The van der Waals surface area contributed by atoms with E-state index < -0.39 is 0 Å². The first-order chi connectivity index (χ1) is 11.6. The summed E-state index contributed by atoms with van der Waals surface area (Å²) in [6.45, 7) is 6.55. The Labute approximate surface area is 140 Å². The lowest BCUT2D eigenvalue weighted by molar-refractivity contribution is 0.102. The summed E-state index contributed by atoms with van der Waals surface area (Å²) in [4.78, 5) is 17.0. The largest absolute Gasteiger partial charge is 0.492 e. The van der Waals surface area contributed by atoms with E-state index in [9.17, 15) is 4.79 Å². The molecule has 3 rings (SSSR count). The second kappa shape index (κ2) is 6.70. The highest BCUT2D eigenvalue weighted by Gasteiger charge is 2.16. The molecule has 0 bridgehead atoms. The highest BCUT2D eigenvalue weighted by Crippen LogP contribution is 2.24. The van der Waals surface area contributed by atoms with Gasteiger partial charge in [0.25, 0.3) is 5.91 Å². The lowest BCUT2D eigenvalue weighted by Crippen LogP contribution is -2.16. The molecule has 0 saturated carbocycles. The van der Waals surface area contributed by atoms with Crippen LogP contribution < -0.4 is 10.1 Å². The molecule has 0 aliphatic carbocycles. The van der Waals surface area contributed by atoms with Crippen LogP contribution >= 0.6 is 0 Å². The third-order valence-corrected chi connectivity index (χ3v) is 3.65. The lowest BCUT2D eigenvalue weighted by atomic mass is 10.1. The number of amides is 1. The number of hydrogen-bond donors (Lipinski definition) is 1. The van der Waals surface area contributed by atoms with Crippen molar-refractivity contribution in [2.24, 2.45) is 0 Å². The summed E-state index contributed by atoms with van der Waals surface area (Å²) in [7, 11) is 0. The van der Waals surface area contributed by atoms with Gasteiger partial charge in [-0.25, -0.2) is 9.50 Å². The molecule has 6 nitrogen and oxygen atoms in total. The van der Waals surface area contributed by atoms with Crippen LogP contribution in [-0.4, -0.2) is 27.1 Å². The van der Waals surface area contributed by atoms with E-state index in [4.69, 9.17) is 4.74 Å². The number of hydrogen-bond acceptors (Lipinski definition) is 4. The van der Waals surface area contributed by atoms with Crippen LogP contribution in [0.1, 0.15) is 42.9 Å². The zero-order valence-corrected chi connectivity index (χ0v) is 14.0. The van der Waals surface area contributed by atoms with Crippen LogP contribution in [0.15, 0.2) is 42.6 Å². The fourth-order valence-electron chi connectivity index (χ4n) is 2.50. The van der Waals surface area contributed by atoms with Crippen molar-refractivity contribution in [1.29, 1.82) is 0 Å². The van der Waals surface area contributed by atoms with Gasteiger partial charge in [-0.05, 0) is 31.0 Å². The average Bonchev–Trinajstić information content (AvgIpc) is 3.04. The van der Waals surface area contributed by atoms with Crippen LogP contribution in [0.4, 0.5) is 5.69 Å². The Morgan fingerprint density at radius 1 is 1.29 bits per heavy atom. The van der Waals surface area contributed by atoms with Crippen molar-refractivity contribution < 1.29 is 9.53 Å². The zero-order chi connectivity index (χ0) is 17.1. The second-order valence-electron chi connectivity index (χ2n) is 5.71. The van der Waals surface area contributed by atoms with Crippen LogP contribution in [0.25, 0.3) is 5.65 Å². The first-order valence-corrected chi connectivity index (χ1v) is 7.98. The van der Waals surface area contributed by atoms with Gasteiger partial charge in [0.05, 0.1) is 18.5 Å². The van der Waals surface area contributed by atoms with Crippen molar-refractivity contribution in [2.75, 3.05) is 11.9 Å². The van der Waals surface area contributed by atoms with Crippen molar-refractivity contribution in [1.82, 2.24) is 14.6 Å². The van der Waals surface area contributed by atoms with Gasteiger partial charge < -0.3 is 10.1 Å². The Morgan fingerprint density at radius 3 is 2.83 bits per heavy atom.